The van der Waals surface area contributed by atoms with E-state index in [2.05, 4.69) is 10.6 Å². The molecule has 0 saturated carbocycles. The summed E-state index contributed by atoms with van der Waals surface area (Å²) in [6.45, 7) is 0. The van der Waals surface area contributed by atoms with Crippen LogP contribution in [0, 0.1) is 0 Å². The van der Waals surface area contributed by atoms with Crippen LogP contribution in [0.5, 0.6) is 11.5 Å². The molecule has 0 spiro atoms. The summed E-state index contributed by atoms with van der Waals surface area (Å²) in [6.07, 6.45) is 0. The van der Waals surface area contributed by atoms with Crippen LogP contribution >= 0.6 is 0 Å². The van der Waals surface area contributed by atoms with Crippen LogP contribution in [0.2, 0.25) is 0 Å². The van der Waals surface area contributed by atoms with Crippen LogP contribution in [0.25, 0.3) is 0 Å². The minimum Gasteiger partial charge on any atom is -0.494 e. The zero-order valence-electron chi connectivity index (χ0n) is 11.8. The van der Waals surface area contributed by atoms with Crippen molar-refractivity contribution in [1.29, 1.82) is 0 Å². The fraction of sp³-hybridized carbons (Fsp3) is 0.333. The Labute approximate surface area is 116 Å². The summed E-state index contributed by atoms with van der Waals surface area (Å²) in [5.41, 5.74) is 11.8. The van der Waals surface area contributed by atoms with Crippen molar-refractivity contribution in [3.05, 3.63) is 11.1 Å². The highest BCUT2D eigenvalue weighted by molar-refractivity contribution is 6.12. The number of methoxy groups -OCH3 is 2. The Morgan fingerprint density at radius 1 is 0.850 bits per heavy atom. The first-order valence-electron chi connectivity index (χ1n) is 5.71. The predicted octanol–water partition coefficient (Wildman–Crippen LogP) is -0.413. The molecule has 1 aromatic rings. The average Bonchev–Trinajstić information content (AvgIpc) is 2.46. The summed E-state index contributed by atoms with van der Waals surface area (Å²) in [5, 5.41) is 4.85. The lowest BCUT2D eigenvalue weighted by Gasteiger charge is -2.19. The highest BCUT2D eigenvalue weighted by Crippen LogP contribution is 2.42. The van der Waals surface area contributed by atoms with E-state index in [1.807, 2.05) is 0 Å². The molecule has 0 aromatic heterocycles. The van der Waals surface area contributed by atoms with E-state index >= 15 is 0 Å². The zero-order valence-corrected chi connectivity index (χ0v) is 11.8. The van der Waals surface area contributed by atoms with Crippen LogP contribution in [0.3, 0.4) is 0 Å². The molecule has 0 aliphatic carbocycles. The van der Waals surface area contributed by atoms with Gasteiger partial charge in [-0.3, -0.25) is 9.59 Å². The van der Waals surface area contributed by atoms with E-state index in [4.69, 9.17) is 20.9 Å². The van der Waals surface area contributed by atoms with Gasteiger partial charge in [0, 0.05) is 14.1 Å². The summed E-state index contributed by atoms with van der Waals surface area (Å²) < 4.78 is 10.2. The molecule has 8 heteroatoms. The summed E-state index contributed by atoms with van der Waals surface area (Å²) >= 11 is 0. The largest absolute Gasteiger partial charge is 0.494 e. The van der Waals surface area contributed by atoms with Gasteiger partial charge in [0.05, 0.1) is 25.6 Å². The maximum atomic E-state index is 11.9. The van der Waals surface area contributed by atoms with E-state index in [0.29, 0.717) is 0 Å². The first-order valence-corrected chi connectivity index (χ1v) is 5.71. The van der Waals surface area contributed by atoms with Crippen molar-refractivity contribution in [3.63, 3.8) is 0 Å². The van der Waals surface area contributed by atoms with Crippen molar-refractivity contribution in [2.45, 2.75) is 0 Å². The minimum atomic E-state index is -0.493. The number of anilines is 2. The number of nitrogens with one attached hydrogen (secondary N) is 2. The molecule has 1 aromatic carbocycles. The normalized spacial score (nSPS) is 9.80. The Kier molecular flexibility index (Phi) is 4.63. The van der Waals surface area contributed by atoms with E-state index < -0.39 is 11.8 Å². The molecular weight excluding hydrogens is 264 g/mol. The van der Waals surface area contributed by atoms with Gasteiger partial charge in [-0.2, -0.15) is 0 Å². The lowest BCUT2D eigenvalue weighted by molar-refractivity contribution is 0.0947. The fourth-order valence-corrected chi connectivity index (χ4v) is 1.87. The van der Waals surface area contributed by atoms with Gasteiger partial charge in [-0.15, -0.1) is 0 Å². The molecule has 1 rings (SSSR count). The van der Waals surface area contributed by atoms with Gasteiger partial charge >= 0.3 is 0 Å². The van der Waals surface area contributed by atoms with Gasteiger partial charge < -0.3 is 31.6 Å². The first-order chi connectivity index (χ1) is 9.44. The highest BCUT2D eigenvalue weighted by Gasteiger charge is 2.29. The lowest BCUT2D eigenvalue weighted by atomic mass is 10.0. The lowest BCUT2D eigenvalue weighted by Crippen LogP contribution is -2.25. The number of amides is 2. The number of hydrogen-bond donors (Lipinski definition) is 4. The highest BCUT2D eigenvalue weighted by atomic mass is 16.5. The van der Waals surface area contributed by atoms with Crippen molar-refractivity contribution in [1.82, 2.24) is 10.6 Å². The van der Waals surface area contributed by atoms with Gasteiger partial charge in [-0.1, -0.05) is 0 Å². The third kappa shape index (κ3) is 2.27. The van der Waals surface area contributed by atoms with Gasteiger partial charge in [0.15, 0.2) is 11.5 Å². The van der Waals surface area contributed by atoms with E-state index in [-0.39, 0.29) is 34.0 Å². The molecule has 0 unspecified atom stereocenters. The molecule has 6 N–H and O–H groups in total. The quantitative estimate of drug-likeness (QED) is 0.555. The number of nitrogens with two attached hydrogens (primary N) is 2. The van der Waals surface area contributed by atoms with Crippen molar-refractivity contribution in [3.8, 4) is 11.5 Å². The minimum absolute atomic E-state index is 0.0171. The Morgan fingerprint density at radius 2 is 1.15 bits per heavy atom. The molecule has 0 aliphatic heterocycles. The zero-order chi connectivity index (χ0) is 15.4. The van der Waals surface area contributed by atoms with Crippen molar-refractivity contribution >= 4 is 23.2 Å². The number of benzene rings is 1. The first kappa shape index (κ1) is 15.4. The second kappa shape index (κ2) is 6.00. The third-order valence-electron chi connectivity index (χ3n) is 2.80. The van der Waals surface area contributed by atoms with Gasteiger partial charge in [0.25, 0.3) is 11.8 Å². The molecule has 0 saturated heterocycles. The third-order valence-corrected chi connectivity index (χ3v) is 2.80. The topological polar surface area (TPSA) is 129 Å². The van der Waals surface area contributed by atoms with Gasteiger partial charge in [-0.25, -0.2) is 0 Å². The number of carbonyl (C=O) groups excluding carboxylic acids is 2. The van der Waals surface area contributed by atoms with Gasteiger partial charge in [-0.05, 0) is 0 Å². The van der Waals surface area contributed by atoms with Crippen molar-refractivity contribution < 1.29 is 19.1 Å². The molecule has 0 bridgehead atoms. The standard InChI is InChI=1S/C12H18N4O4/c1-15-11(17)5-7(13)10(20-4)6(12(18)16-2)8(14)9(5)19-3/h13-14H2,1-4H3,(H,15,17)(H,16,18). The monoisotopic (exact) mass is 282 g/mol. The molecule has 2 amide bonds. The Hall–Kier alpha value is -2.64. The maximum Gasteiger partial charge on any atom is 0.257 e. The number of carbonyl (C=O) groups is 2. The molecule has 110 valence electrons. The molecule has 0 heterocycles. The molecule has 0 radical (unpaired) electrons. The summed E-state index contributed by atoms with van der Waals surface area (Å²) in [4.78, 5) is 23.8. The van der Waals surface area contributed by atoms with Gasteiger partial charge in [0.1, 0.15) is 11.1 Å². The summed E-state index contributed by atoms with van der Waals surface area (Å²) in [7, 11) is 5.54. The molecule has 8 nitrogen and oxygen atoms in total. The predicted molar refractivity (Wildman–Crippen MR) is 75.2 cm³/mol. The van der Waals surface area contributed by atoms with Crippen LogP contribution in [-0.4, -0.2) is 40.1 Å². The molecule has 20 heavy (non-hydrogen) atoms. The van der Waals surface area contributed by atoms with E-state index in [1.54, 1.807) is 0 Å². The number of rotatable bonds is 4. The van der Waals surface area contributed by atoms with Crippen molar-refractivity contribution in [2.75, 3.05) is 39.8 Å². The average molecular weight is 282 g/mol. The Bertz CT molecular complexity index is 507. The summed E-state index contributed by atoms with van der Waals surface area (Å²) in [6, 6.07) is 0. The number of nitrogen functional groups attached to an aromatic ring is 2. The second-order valence-electron chi connectivity index (χ2n) is 3.80. The maximum absolute atomic E-state index is 11.9. The fourth-order valence-electron chi connectivity index (χ4n) is 1.87. The van der Waals surface area contributed by atoms with E-state index in [9.17, 15) is 9.59 Å². The van der Waals surface area contributed by atoms with Crippen LogP contribution < -0.4 is 31.6 Å². The Morgan fingerprint density at radius 3 is 1.35 bits per heavy atom. The molecular formula is C12H18N4O4. The smallest absolute Gasteiger partial charge is 0.257 e. The molecule has 0 aliphatic rings. The van der Waals surface area contributed by atoms with Gasteiger partial charge in [0.2, 0.25) is 0 Å². The van der Waals surface area contributed by atoms with Crippen LogP contribution in [-0.2, 0) is 0 Å². The number of ether oxygens (including phenoxy) is 2. The van der Waals surface area contributed by atoms with E-state index in [0.717, 1.165) is 0 Å². The number of hydrogen-bond acceptors (Lipinski definition) is 6. The Balaban J connectivity index is 3.80. The molecule has 0 atom stereocenters. The van der Waals surface area contributed by atoms with Crippen LogP contribution in [0.15, 0.2) is 0 Å². The molecule has 0 fully saturated rings. The van der Waals surface area contributed by atoms with E-state index in [1.165, 1.54) is 28.3 Å². The van der Waals surface area contributed by atoms with Crippen molar-refractivity contribution in [2.24, 2.45) is 0 Å². The SMILES string of the molecule is CNC(=O)c1c(N)c(OC)c(C(=O)NC)c(N)c1OC. The van der Waals surface area contributed by atoms with Crippen LogP contribution in [0.4, 0.5) is 11.4 Å². The second-order valence-corrected chi connectivity index (χ2v) is 3.80. The summed E-state index contributed by atoms with van der Waals surface area (Å²) in [5.74, 6) is -0.928. The van der Waals surface area contributed by atoms with Crippen LogP contribution in [0.1, 0.15) is 20.7 Å².